The highest BCUT2D eigenvalue weighted by Gasteiger charge is 2.30. The van der Waals surface area contributed by atoms with Gasteiger partial charge in [0.15, 0.2) is 11.5 Å². The summed E-state index contributed by atoms with van der Waals surface area (Å²) in [6.07, 6.45) is 1.07. The van der Waals surface area contributed by atoms with Gasteiger partial charge >= 0.3 is 0 Å². The van der Waals surface area contributed by atoms with Crippen LogP contribution in [0.5, 0.6) is 17.2 Å². The molecule has 1 atom stereocenters. The summed E-state index contributed by atoms with van der Waals surface area (Å²) in [5.74, 6) is 1.34. The van der Waals surface area contributed by atoms with E-state index in [1.54, 1.807) is 25.1 Å². The molecule has 2 aromatic carbocycles. The minimum atomic E-state index is -3.72. The SMILES string of the molecule is CCOc1ccc(CNC(=O)[C@H](C)N(c2ccc3c(c2)OCCO3)S(C)(=O)=O)cc1. The molecule has 0 radical (unpaired) electrons. The van der Waals surface area contributed by atoms with Gasteiger partial charge in [-0.25, -0.2) is 8.42 Å². The fraction of sp³-hybridized carbons (Fsp3) is 0.381. The van der Waals surface area contributed by atoms with Crippen LogP contribution in [0.1, 0.15) is 19.4 Å². The van der Waals surface area contributed by atoms with Crippen LogP contribution in [0.15, 0.2) is 42.5 Å². The average molecular weight is 435 g/mol. The molecule has 0 spiro atoms. The summed E-state index contributed by atoms with van der Waals surface area (Å²) in [6, 6.07) is 11.2. The van der Waals surface area contributed by atoms with Crippen LogP contribution in [0.4, 0.5) is 5.69 Å². The van der Waals surface area contributed by atoms with Crippen molar-refractivity contribution >= 4 is 21.6 Å². The molecular weight excluding hydrogens is 408 g/mol. The highest BCUT2D eigenvalue weighted by atomic mass is 32.2. The molecule has 0 saturated carbocycles. The molecule has 1 heterocycles. The number of rotatable bonds is 8. The first-order valence-electron chi connectivity index (χ1n) is 9.68. The van der Waals surface area contributed by atoms with E-state index in [0.717, 1.165) is 21.9 Å². The highest BCUT2D eigenvalue weighted by molar-refractivity contribution is 7.92. The van der Waals surface area contributed by atoms with E-state index in [1.165, 1.54) is 0 Å². The van der Waals surface area contributed by atoms with E-state index in [0.29, 0.717) is 37.0 Å². The van der Waals surface area contributed by atoms with Crippen molar-refractivity contribution in [3.8, 4) is 17.2 Å². The standard InChI is InChI=1S/C21H26N2O6S/c1-4-27-18-8-5-16(6-9-18)14-22-21(24)15(2)23(30(3,25)26)17-7-10-19-20(13-17)29-12-11-28-19/h5-10,13,15H,4,11-12,14H2,1-3H3,(H,22,24)/t15-/m0/s1. The predicted molar refractivity (Wildman–Crippen MR) is 114 cm³/mol. The molecule has 1 amide bonds. The maximum atomic E-state index is 12.7. The second-order valence-corrected chi connectivity index (χ2v) is 8.72. The van der Waals surface area contributed by atoms with Crippen LogP contribution >= 0.6 is 0 Å². The Balaban J connectivity index is 1.73. The molecule has 0 aliphatic carbocycles. The van der Waals surface area contributed by atoms with E-state index in [9.17, 15) is 13.2 Å². The number of anilines is 1. The van der Waals surface area contributed by atoms with Crippen molar-refractivity contribution in [1.82, 2.24) is 5.32 Å². The number of amides is 1. The summed E-state index contributed by atoms with van der Waals surface area (Å²) in [5.41, 5.74) is 1.22. The third-order valence-corrected chi connectivity index (χ3v) is 5.81. The third-order valence-electron chi connectivity index (χ3n) is 4.57. The number of nitrogens with one attached hydrogen (secondary N) is 1. The zero-order valence-electron chi connectivity index (χ0n) is 17.3. The van der Waals surface area contributed by atoms with Crippen molar-refractivity contribution in [2.45, 2.75) is 26.4 Å². The van der Waals surface area contributed by atoms with Crippen LogP contribution in [0.3, 0.4) is 0 Å². The zero-order chi connectivity index (χ0) is 21.7. The van der Waals surface area contributed by atoms with Gasteiger partial charge in [-0.1, -0.05) is 12.1 Å². The third kappa shape index (κ3) is 5.15. The Kier molecular flexibility index (Phi) is 6.71. The topological polar surface area (TPSA) is 94.2 Å². The minimum absolute atomic E-state index is 0.272. The number of nitrogens with zero attached hydrogens (tertiary/aromatic N) is 1. The number of benzene rings is 2. The van der Waals surface area contributed by atoms with Crippen molar-refractivity contribution in [2.75, 3.05) is 30.4 Å². The van der Waals surface area contributed by atoms with Gasteiger partial charge in [-0.05, 0) is 43.7 Å². The largest absolute Gasteiger partial charge is 0.494 e. The molecule has 0 aromatic heterocycles. The van der Waals surface area contributed by atoms with E-state index >= 15 is 0 Å². The second-order valence-electron chi connectivity index (χ2n) is 6.86. The Morgan fingerprint density at radius 3 is 2.43 bits per heavy atom. The fourth-order valence-corrected chi connectivity index (χ4v) is 4.35. The number of carbonyl (C=O) groups is 1. The lowest BCUT2D eigenvalue weighted by Gasteiger charge is -2.29. The van der Waals surface area contributed by atoms with Crippen LogP contribution in [0, 0.1) is 0 Å². The molecule has 1 aliphatic rings. The van der Waals surface area contributed by atoms with Gasteiger partial charge in [0.25, 0.3) is 0 Å². The summed E-state index contributed by atoms with van der Waals surface area (Å²) in [6.45, 7) is 5.12. The molecule has 1 N–H and O–H groups in total. The Morgan fingerprint density at radius 1 is 1.13 bits per heavy atom. The van der Waals surface area contributed by atoms with Crippen LogP contribution in [-0.2, 0) is 21.4 Å². The normalized spacial score (nSPS) is 14.0. The molecule has 8 nitrogen and oxygen atoms in total. The number of hydrogen-bond donors (Lipinski definition) is 1. The quantitative estimate of drug-likeness (QED) is 0.685. The Labute approximate surface area is 176 Å². The smallest absolute Gasteiger partial charge is 0.243 e. The Hall–Kier alpha value is -2.94. The lowest BCUT2D eigenvalue weighted by Crippen LogP contribution is -2.47. The Morgan fingerprint density at radius 2 is 1.80 bits per heavy atom. The number of hydrogen-bond acceptors (Lipinski definition) is 6. The molecule has 3 rings (SSSR count). The summed E-state index contributed by atoms with van der Waals surface area (Å²) < 4.78 is 42.5. The number of ether oxygens (including phenoxy) is 3. The van der Waals surface area contributed by atoms with Gasteiger partial charge in [-0.3, -0.25) is 9.10 Å². The van der Waals surface area contributed by atoms with Crippen molar-refractivity contribution in [2.24, 2.45) is 0 Å². The molecule has 9 heteroatoms. The van der Waals surface area contributed by atoms with E-state index in [1.807, 2.05) is 31.2 Å². The van der Waals surface area contributed by atoms with Crippen molar-refractivity contribution in [1.29, 1.82) is 0 Å². The predicted octanol–water partition coefficient (Wildman–Crippen LogP) is 2.33. The molecule has 0 unspecified atom stereocenters. The molecule has 0 fully saturated rings. The van der Waals surface area contributed by atoms with Crippen molar-refractivity contribution < 1.29 is 27.4 Å². The molecule has 30 heavy (non-hydrogen) atoms. The summed E-state index contributed by atoms with van der Waals surface area (Å²) >= 11 is 0. The fourth-order valence-electron chi connectivity index (χ4n) is 3.18. The van der Waals surface area contributed by atoms with E-state index in [-0.39, 0.29) is 6.54 Å². The van der Waals surface area contributed by atoms with Crippen LogP contribution < -0.4 is 23.8 Å². The van der Waals surface area contributed by atoms with Gasteiger partial charge < -0.3 is 19.5 Å². The molecule has 0 bridgehead atoms. The zero-order valence-corrected chi connectivity index (χ0v) is 18.1. The van der Waals surface area contributed by atoms with Crippen LogP contribution in [0.25, 0.3) is 0 Å². The summed E-state index contributed by atoms with van der Waals surface area (Å²) in [5, 5.41) is 2.79. The summed E-state index contributed by atoms with van der Waals surface area (Å²) in [4.78, 5) is 12.7. The highest BCUT2D eigenvalue weighted by Crippen LogP contribution is 2.35. The lowest BCUT2D eigenvalue weighted by atomic mass is 10.2. The van der Waals surface area contributed by atoms with Crippen LogP contribution in [0.2, 0.25) is 0 Å². The molecule has 2 aromatic rings. The lowest BCUT2D eigenvalue weighted by molar-refractivity contribution is -0.122. The van der Waals surface area contributed by atoms with Gasteiger partial charge in [0.1, 0.15) is 25.0 Å². The van der Waals surface area contributed by atoms with Gasteiger partial charge in [0.2, 0.25) is 15.9 Å². The monoisotopic (exact) mass is 434 g/mol. The number of fused-ring (bicyclic) bond motifs is 1. The van der Waals surface area contributed by atoms with E-state index in [4.69, 9.17) is 14.2 Å². The number of carbonyl (C=O) groups excluding carboxylic acids is 1. The molecular formula is C21H26N2O6S. The second kappa shape index (κ2) is 9.25. The van der Waals surface area contributed by atoms with Gasteiger partial charge in [0, 0.05) is 12.6 Å². The maximum absolute atomic E-state index is 12.7. The van der Waals surface area contributed by atoms with Gasteiger partial charge in [-0.2, -0.15) is 0 Å². The summed E-state index contributed by atoms with van der Waals surface area (Å²) in [7, 11) is -3.72. The van der Waals surface area contributed by atoms with Gasteiger partial charge in [-0.15, -0.1) is 0 Å². The first-order valence-corrected chi connectivity index (χ1v) is 11.5. The Bertz CT molecular complexity index is 991. The van der Waals surface area contributed by atoms with Crippen LogP contribution in [-0.4, -0.2) is 46.4 Å². The average Bonchev–Trinajstić information content (AvgIpc) is 2.72. The molecule has 1 aliphatic heterocycles. The van der Waals surface area contributed by atoms with Crippen molar-refractivity contribution in [3.05, 3.63) is 48.0 Å². The number of sulfonamides is 1. The first kappa shape index (κ1) is 21.8. The minimum Gasteiger partial charge on any atom is -0.494 e. The maximum Gasteiger partial charge on any atom is 0.243 e. The van der Waals surface area contributed by atoms with E-state index in [2.05, 4.69) is 5.32 Å². The van der Waals surface area contributed by atoms with Gasteiger partial charge in [0.05, 0.1) is 18.6 Å². The molecule has 0 saturated heterocycles. The van der Waals surface area contributed by atoms with Crippen molar-refractivity contribution in [3.63, 3.8) is 0 Å². The molecule has 162 valence electrons. The first-order chi connectivity index (χ1) is 14.3. The van der Waals surface area contributed by atoms with E-state index < -0.39 is 22.0 Å².